The van der Waals surface area contributed by atoms with Crippen molar-refractivity contribution in [1.29, 1.82) is 0 Å². The number of Topliss-reactive ketones (excluding diaryl/α,β-unsaturated/α-hetero) is 1. The number of ketones is 1. The standard InChI is InChI=1S/C43H53NO12.2Ac/c1-23-27(55-39(51)33(47)31(24-14-8-5-9-15-24)44-37(49)25-16-10-6-11-17-25)21-43(53)36(56-38(50)26-18-12-7-13-19-26)34-41(4,28(45)20-29-42(34,52)22-54-29)35(48)32(46)30(23)40(43,2)3;;/h6-7,10-13,16-19,24,27-29,31-34,36,45-47,52-53H,5,8-9,14-15,20-22H2,1-4H3,(H,44,49);;/t27?,28?,29?,31?,32?,33?,34?,36?,41-,42+,43?;;/m1../s1. The Morgan fingerprint density at radius 3 is 2.03 bits per heavy atom. The Kier molecular flexibility index (Phi) is 15.1. The third kappa shape index (κ3) is 8.03. The van der Waals surface area contributed by atoms with Crippen molar-refractivity contribution in [3.05, 3.63) is 82.9 Å². The molecule has 0 spiro atoms. The summed E-state index contributed by atoms with van der Waals surface area (Å²) < 4.78 is 18.0. The fourth-order valence-electron chi connectivity index (χ4n) is 10.5. The fraction of sp³-hybridized carbons (Fsp3) is 0.581. The van der Waals surface area contributed by atoms with Crippen LogP contribution in [0.4, 0.5) is 0 Å². The summed E-state index contributed by atoms with van der Waals surface area (Å²) in [6.07, 6.45) is -5.93. The van der Waals surface area contributed by atoms with Crippen molar-refractivity contribution in [3.8, 4) is 0 Å². The second-order valence-electron chi connectivity index (χ2n) is 17.2. The van der Waals surface area contributed by atoms with Gasteiger partial charge in [-0.2, -0.15) is 0 Å². The molecule has 2 aromatic carbocycles. The fourth-order valence-corrected chi connectivity index (χ4v) is 10.5. The molecule has 2 bridgehead atoms. The van der Waals surface area contributed by atoms with Gasteiger partial charge in [-0.05, 0) is 68.0 Å². The first-order valence-corrected chi connectivity index (χ1v) is 19.6. The second kappa shape index (κ2) is 18.3. The Morgan fingerprint density at radius 1 is 0.879 bits per heavy atom. The van der Waals surface area contributed by atoms with Gasteiger partial charge in [-0.25, -0.2) is 9.59 Å². The number of fused-ring (bicyclic) bond motifs is 5. The summed E-state index contributed by atoms with van der Waals surface area (Å²) >= 11 is 0. The molecule has 15 heteroatoms. The quantitative estimate of drug-likeness (QED) is 0.167. The first kappa shape index (κ1) is 47.9. The van der Waals surface area contributed by atoms with Crippen LogP contribution in [0.25, 0.3) is 0 Å². The van der Waals surface area contributed by atoms with Gasteiger partial charge in [0, 0.05) is 118 Å². The Morgan fingerprint density at radius 2 is 1.47 bits per heavy atom. The summed E-state index contributed by atoms with van der Waals surface area (Å²) in [5.74, 6) is -5.05. The molecule has 4 fully saturated rings. The molecule has 5 aliphatic rings. The van der Waals surface area contributed by atoms with Crippen molar-refractivity contribution in [2.45, 2.75) is 127 Å². The van der Waals surface area contributed by atoms with Gasteiger partial charge in [-0.3, -0.25) is 9.59 Å². The largest absolute Gasteiger partial charge is 0.456 e. The maximum atomic E-state index is 14.7. The van der Waals surface area contributed by atoms with Gasteiger partial charge in [0.1, 0.15) is 29.5 Å². The molecule has 1 amide bonds. The minimum Gasteiger partial charge on any atom is -0.456 e. The Balaban J connectivity index is 0.00000320. The molecule has 2 radical (unpaired) electrons. The van der Waals surface area contributed by atoms with E-state index in [0.29, 0.717) is 18.4 Å². The molecule has 4 aliphatic carbocycles. The molecular weight excluding hydrogens is 1180 g/mol. The van der Waals surface area contributed by atoms with Crippen molar-refractivity contribution in [2.75, 3.05) is 6.61 Å². The first-order chi connectivity index (χ1) is 26.5. The average Bonchev–Trinajstić information content (AvgIpc) is 3.19. The minimum atomic E-state index is -2.27. The van der Waals surface area contributed by atoms with Crippen LogP contribution < -0.4 is 5.32 Å². The summed E-state index contributed by atoms with van der Waals surface area (Å²) in [5.41, 5.74) is -6.97. The molecule has 308 valence electrons. The molecule has 6 N–H and O–H groups in total. The van der Waals surface area contributed by atoms with E-state index < -0.39 is 101 Å². The smallest absolute Gasteiger partial charge is 0.338 e. The minimum absolute atomic E-state index is 0. The molecule has 1 aliphatic heterocycles. The van der Waals surface area contributed by atoms with Crippen LogP contribution in [0.5, 0.6) is 0 Å². The number of aliphatic hydroxyl groups is 5. The predicted molar refractivity (Wildman–Crippen MR) is 200 cm³/mol. The number of carbonyl (C=O) groups is 4. The molecule has 13 nitrogen and oxygen atoms in total. The molecule has 2 aromatic rings. The van der Waals surface area contributed by atoms with E-state index in [1.165, 1.54) is 19.1 Å². The molecule has 0 aromatic heterocycles. The van der Waals surface area contributed by atoms with Gasteiger partial charge in [-0.1, -0.05) is 69.5 Å². The number of nitrogens with one attached hydrogen (secondary N) is 1. The van der Waals surface area contributed by atoms with Gasteiger partial charge >= 0.3 is 11.9 Å². The maximum absolute atomic E-state index is 14.7. The van der Waals surface area contributed by atoms with Crippen LogP contribution in [0.2, 0.25) is 0 Å². The zero-order valence-electron chi connectivity index (χ0n) is 33.4. The SMILES string of the molecule is CC1=C2C(O)C(=O)[C@]3(C)C(O)CC4OC[C@@]4(O)C3C(OC(=O)c3ccccc3)C(O)(CC1OC(=O)C(O)C(NC(=O)c1ccccc1)C1CCCCC1)C2(C)C.[Ac].[Ac]. The van der Waals surface area contributed by atoms with Crippen molar-refractivity contribution >= 4 is 23.6 Å². The van der Waals surface area contributed by atoms with Gasteiger partial charge in [0.25, 0.3) is 5.91 Å². The molecule has 11 atom stereocenters. The van der Waals surface area contributed by atoms with Crippen molar-refractivity contribution < 1.29 is 147 Å². The number of hydrogen-bond donors (Lipinski definition) is 6. The van der Waals surface area contributed by atoms with Gasteiger partial charge in [-0.15, -0.1) is 0 Å². The van der Waals surface area contributed by atoms with Gasteiger partial charge in [0.2, 0.25) is 0 Å². The Labute approximate surface area is 410 Å². The number of aliphatic hydroxyl groups excluding tert-OH is 3. The van der Waals surface area contributed by atoms with Crippen LogP contribution in [0.3, 0.4) is 0 Å². The van der Waals surface area contributed by atoms with Gasteiger partial charge in [0.15, 0.2) is 11.9 Å². The topological polar surface area (TPSA) is 209 Å². The summed E-state index contributed by atoms with van der Waals surface area (Å²) in [7, 11) is 0. The van der Waals surface area contributed by atoms with E-state index in [1.54, 1.807) is 69.3 Å². The van der Waals surface area contributed by atoms with Crippen LogP contribution in [0.1, 0.15) is 93.4 Å². The van der Waals surface area contributed by atoms with Crippen LogP contribution in [0, 0.1) is 111 Å². The zero-order chi connectivity index (χ0) is 40.4. The summed E-state index contributed by atoms with van der Waals surface area (Å²) in [5, 5.41) is 63.9. The maximum Gasteiger partial charge on any atom is 0.338 e. The van der Waals surface area contributed by atoms with E-state index in [9.17, 15) is 44.7 Å². The van der Waals surface area contributed by atoms with Crippen LogP contribution in [-0.2, 0) is 23.8 Å². The van der Waals surface area contributed by atoms with Gasteiger partial charge < -0.3 is 45.1 Å². The molecule has 1 heterocycles. The predicted octanol–water partition coefficient (Wildman–Crippen LogP) is 2.80. The molecule has 1 saturated heterocycles. The Hall–Kier alpha value is -1.10. The normalized spacial score (nSPS) is 35.1. The third-order valence-electron chi connectivity index (χ3n) is 13.9. The van der Waals surface area contributed by atoms with E-state index in [1.807, 2.05) is 0 Å². The second-order valence-corrected chi connectivity index (χ2v) is 17.2. The van der Waals surface area contributed by atoms with Crippen molar-refractivity contribution in [2.24, 2.45) is 22.7 Å². The van der Waals surface area contributed by atoms with E-state index in [4.69, 9.17) is 14.2 Å². The average molecular weight is 1230 g/mol. The zero-order valence-corrected chi connectivity index (χ0v) is 42.9. The monoisotopic (exact) mass is 1230 g/mol. The number of hydrogen-bond acceptors (Lipinski definition) is 12. The molecule has 9 unspecified atom stereocenters. The number of carbonyl (C=O) groups excluding carboxylic acids is 4. The van der Waals surface area contributed by atoms with Gasteiger partial charge in [0.05, 0.1) is 35.8 Å². The number of esters is 2. The number of amides is 1. The third-order valence-corrected chi connectivity index (χ3v) is 13.9. The van der Waals surface area contributed by atoms with E-state index in [0.717, 1.165) is 19.3 Å². The Bertz CT molecular complexity index is 1890. The van der Waals surface area contributed by atoms with E-state index in [2.05, 4.69) is 5.32 Å². The van der Waals surface area contributed by atoms with Crippen molar-refractivity contribution in [3.63, 3.8) is 0 Å². The summed E-state index contributed by atoms with van der Waals surface area (Å²) in [6, 6.07) is 15.4. The van der Waals surface area contributed by atoms with Crippen LogP contribution >= 0.6 is 0 Å². The number of benzene rings is 2. The number of rotatable bonds is 8. The summed E-state index contributed by atoms with van der Waals surface area (Å²) in [4.78, 5) is 56.2. The first-order valence-electron chi connectivity index (χ1n) is 19.6. The molecule has 3 saturated carbocycles. The number of ether oxygens (including phenoxy) is 3. The van der Waals surface area contributed by atoms with Crippen LogP contribution in [0.15, 0.2) is 71.8 Å². The molecular formula is C43H53Ac2NO12. The van der Waals surface area contributed by atoms with Crippen molar-refractivity contribution in [1.82, 2.24) is 5.32 Å². The molecule has 58 heavy (non-hydrogen) atoms. The van der Waals surface area contributed by atoms with E-state index in [-0.39, 0.29) is 124 Å². The molecule has 7 rings (SSSR count). The van der Waals surface area contributed by atoms with Crippen LogP contribution in [-0.4, -0.2) is 110 Å². The van der Waals surface area contributed by atoms with E-state index >= 15 is 0 Å². The summed E-state index contributed by atoms with van der Waals surface area (Å²) in [6.45, 7) is 5.82.